The highest BCUT2D eigenvalue weighted by molar-refractivity contribution is 5.88. The van der Waals surface area contributed by atoms with Gasteiger partial charge < -0.3 is 9.73 Å². The van der Waals surface area contributed by atoms with E-state index in [1.807, 2.05) is 36.4 Å². The summed E-state index contributed by atoms with van der Waals surface area (Å²) in [5.41, 5.74) is 3.38. The number of furan rings is 1. The van der Waals surface area contributed by atoms with E-state index in [4.69, 9.17) is 4.42 Å². The summed E-state index contributed by atoms with van der Waals surface area (Å²) in [5, 5.41) is 9.33. The van der Waals surface area contributed by atoms with Crippen molar-refractivity contribution in [2.75, 3.05) is 5.32 Å². The largest absolute Gasteiger partial charge is 0.463 e. The lowest BCUT2D eigenvalue weighted by molar-refractivity contribution is -0.121. The molecule has 116 valence electrons. The van der Waals surface area contributed by atoms with Crippen LogP contribution < -0.4 is 10.7 Å². The number of rotatable bonds is 5. The molecular formula is C18H17N3O2. The number of hydrogen-bond donors (Lipinski definition) is 2. The molecule has 23 heavy (non-hydrogen) atoms. The predicted molar refractivity (Wildman–Crippen MR) is 91.5 cm³/mol. The second-order valence-electron chi connectivity index (χ2n) is 5.18. The Morgan fingerprint density at radius 1 is 1.13 bits per heavy atom. The number of anilines is 1. The molecule has 5 nitrogen and oxygen atoms in total. The van der Waals surface area contributed by atoms with Crippen molar-refractivity contribution in [2.45, 2.75) is 13.0 Å². The van der Waals surface area contributed by atoms with Gasteiger partial charge in [-0.2, -0.15) is 5.10 Å². The van der Waals surface area contributed by atoms with Gasteiger partial charge in [-0.15, -0.1) is 0 Å². The molecule has 3 rings (SSSR count). The molecule has 3 aromatic rings. The fraction of sp³-hybridized carbons (Fsp3) is 0.111. The third-order valence-electron chi connectivity index (χ3n) is 3.44. The molecule has 0 aliphatic carbocycles. The molecule has 1 amide bonds. The van der Waals surface area contributed by atoms with Gasteiger partial charge in [0.05, 0.1) is 12.5 Å². The van der Waals surface area contributed by atoms with Crippen LogP contribution in [0.1, 0.15) is 12.7 Å². The first kappa shape index (κ1) is 14.8. The summed E-state index contributed by atoms with van der Waals surface area (Å²) in [6, 6.07) is 17.2. The summed E-state index contributed by atoms with van der Waals surface area (Å²) in [6.07, 6.45) is 3.01. The lowest BCUT2D eigenvalue weighted by Crippen LogP contribution is -2.34. The molecule has 2 N–H and O–H groups in total. The van der Waals surface area contributed by atoms with Crippen molar-refractivity contribution >= 4 is 28.6 Å². The van der Waals surface area contributed by atoms with Crippen molar-refractivity contribution in [2.24, 2.45) is 5.10 Å². The van der Waals surface area contributed by atoms with Crippen molar-refractivity contribution < 1.29 is 9.21 Å². The first-order valence-electron chi connectivity index (χ1n) is 7.34. The van der Waals surface area contributed by atoms with Gasteiger partial charge in [0, 0.05) is 5.69 Å². The Kier molecular flexibility index (Phi) is 4.38. The third kappa shape index (κ3) is 3.77. The van der Waals surface area contributed by atoms with E-state index >= 15 is 0 Å². The van der Waals surface area contributed by atoms with Crippen LogP contribution in [0.4, 0.5) is 5.69 Å². The number of benzene rings is 2. The zero-order valence-electron chi connectivity index (χ0n) is 12.7. The average Bonchev–Trinajstić information content (AvgIpc) is 3.08. The molecule has 0 unspecified atom stereocenters. The second-order valence-corrected chi connectivity index (χ2v) is 5.18. The lowest BCUT2D eigenvalue weighted by atomic mass is 10.1. The van der Waals surface area contributed by atoms with Crippen molar-refractivity contribution in [3.8, 4) is 0 Å². The van der Waals surface area contributed by atoms with Crippen LogP contribution in [-0.4, -0.2) is 18.2 Å². The van der Waals surface area contributed by atoms with E-state index in [-0.39, 0.29) is 5.91 Å². The van der Waals surface area contributed by atoms with Crippen molar-refractivity contribution in [1.29, 1.82) is 0 Å². The first-order valence-corrected chi connectivity index (χ1v) is 7.34. The number of nitrogens with one attached hydrogen (secondary N) is 2. The number of carbonyl (C=O) groups excluding carboxylic acids is 1. The highest BCUT2D eigenvalue weighted by Crippen LogP contribution is 2.19. The standard InChI is InChI=1S/C18H17N3O2/c1-13(18(22)21-19-12-17-7-4-10-23-17)20-16-9-8-14-5-2-3-6-15(14)11-16/h2-13,20H,1H3,(H,21,22)/b19-12-/t13-/m1/s1. The number of amides is 1. The van der Waals surface area contributed by atoms with Crippen LogP contribution in [0.5, 0.6) is 0 Å². The molecule has 0 fully saturated rings. The van der Waals surface area contributed by atoms with E-state index < -0.39 is 6.04 Å². The number of hydrogen-bond acceptors (Lipinski definition) is 4. The average molecular weight is 307 g/mol. The Morgan fingerprint density at radius 3 is 2.74 bits per heavy atom. The Bertz CT molecular complexity index is 825. The summed E-state index contributed by atoms with van der Waals surface area (Å²) in [7, 11) is 0. The van der Waals surface area contributed by atoms with E-state index in [0.29, 0.717) is 5.76 Å². The van der Waals surface area contributed by atoms with Gasteiger partial charge in [0.1, 0.15) is 11.8 Å². The van der Waals surface area contributed by atoms with Crippen molar-refractivity contribution in [1.82, 2.24) is 5.43 Å². The number of hydrazone groups is 1. The zero-order valence-corrected chi connectivity index (χ0v) is 12.7. The lowest BCUT2D eigenvalue weighted by Gasteiger charge is -2.14. The minimum Gasteiger partial charge on any atom is -0.463 e. The van der Waals surface area contributed by atoms with Gasteiger partial charge in [-0.25, -0.2) is 5.43 Å². The van der Waals surface area contributed by atoms with Gasteiger partial charge in [-0.1, -0.05) is 30.3 Å². The maximum Gasteiger partial charge on any atom is 0.262 e. The normalized spacial score (nSPS) is 12.4. The van der Waals surface area contributed by atoms with E-state index in [2.05, 4.69) is 21.9 Å². The molecule has 0 aliphatic rings. The highest BCUT2D eigenvalue weighted by atomic mass is 16.3. The Morgan fingerprint density at radius 2 is 1.96 bits per heavy atom. The van der Waals surface area contributed by atoms with Gasteiger partial charge in [-0.3, -0.25) is 4.79 Å². The minimum absolute atomic E-state index is 0.221. The topological polar surface area (TPSA) is 66.6 Å². The fourth-order valence-corrected chi connectivity index (χ4v) is 2.22. The van der Waals surface area contributed by atoms with Gasteiger partial charge in [-0.05, 0) is 42.0 Å². The predicted octanol–water partition coefficient (Wildman–Crippen LogP) is 3.38. The monoisotopic (exact) mass is 307 g/mol. The Balaban J connectivity index is 1.60. The molecular weight excluding hydrogens is 290 g/mol. The van der Waals surface area contributed by atoms with Crippen LogP contribution in [0.3, 0.4) is 0 Å². The van der Waals surface area contributed by atoms with Crippen LogP contribution in [0, 0.1) is 0 Å². The Hall–Kier alpha value is -3.08. The maximum atomic E-state index is 12.0. The molecule has 1 atom stereocenters. The van der Waals surface area contributed by atoms with E-state index in [9.17, 15) is 4.79 Å². The second kappa shape index (κ2) is 6.79. The van der Waals surface area contributed by atoms with Crippen molar-refractivity contribution in [3.63, 3.8) is 0 Å². The molecule has 1 heterocycles. The summed E-state index contributed by atoms with van der Waals surface area (Å²) in [6.45, 7) is 1.78. The number of fused-ring (bicyclic) bond motifs is 1. The SMILES string of the molecule is C[C@@H](Nc1ccc2ccccc2c1)C(=O)N/N=C\c1ccco1. The molecule has 1 aromatic heterocycles. The molecule has 5 heteroatoms. The van der Waals surface area contributed by atoms with Crippen LogP contribution in [0.15, 0.2) is 70.4 Å². The minimum atomic E-state index is -0.412. The zero-order chi connectivity index (χ0) is 16.1. The van der Waals surface area contributed by atoms with Crippen LogP contribution in [-0.2, 0) is 4.79 Å². The van der Waals surface area contributed by atoms with E-state index in [0.717, 1.165) is 11.1 Å². The fourth-order valence-electron chi connectivity index (χ4n) is 2.22. The molecule has 0 saturated heterocycles. The summed E-state index contributed by atoms with van der Waals surface area (Å²) >= 11 is 0. The van der Waals surface area contributed by atoms with Gasteiger partial charge >= 0.3 is 0 Å². The van der Waals surface area contributed by atoms with Crippen LogP contribution >= 0.6 is 0 Å². The smallest absolute Gasteiger partial charge is 0.262 e. The summed E-state index contributed by atoms with van der Waals surface area (Å²) < 4.78 is 5.10. The van der Waals surface area contributed by atoms with Crippen LogP contribution in [0.25, 0.3) is 10.8 Å². The molecule has 0 spiro atoms. The summed E-state index contributed by atoms with van der Waals surface area (Å²) in [4.78, 5) is 12.0. The maximum absolute atomic E-state index is 12.0. The van der Waals surface area contributed by atoms with Gasteiger partial charge in [0.2, 0.25) is 0 Å². The summed E-state index contributed by atoms with van der Waals surface area (Å²) in [5.74, 6) is 0.362. The number of carbonyl (C=O) groups is 1. The highest BCUT2D eigenvalue weighted by Gasteiger charge is 2.11. The van der Waals surface area contributed by atoms with Gasteiger partial charge in [0.25, 0.3) is 5.91 Å². The van der Waals surface area contributed by atoms with Gasteiger partial charge in [0.15, 0.2) is 0 Å². The third-order valence-corrected chi connectivity index (χ3v) is 3.44. The van der Waals surface area contributed by atoms with Crippen molar-refractivity contribution in [3.05, 3.63) is 66.6 Å². The molecule has 2 aromatic carbocycles. The molecule has 0 saturated carbocycles. The number of nitrogens with zero attached hydrogens (tertiary/aromatic N) is 1. The van der Waals surface area contributed by atoms with E-state index in [1.54, 1.807) is 25.3 Å². The first-order chi connectivity index (χ1) is 11.2. The molecule has 0 radical (unpaired) electrons. The van der Waals surface area contributed by atoms with Crippen LogP contribution in [0.2, 0.25) is 0 Å². The molecule has 0 aliphatic heterocycles. The Labute approximate surface area is 134 Å². The molecule has 0 bridgehead atoms. The quantitative estimate of drug-likeness (QED) is 0.561. The van der Waals surface area contributed by atoms with E-state index in [1.165, 1.54) is 11.6 Å².